The van der Waals surface area contributed by atoms with Gasteiger partial charge in [0.05, 0.1) is 15.5 Å². The number of amides is 1. The van der Waals surface area contributed by atoms with Crippen molar-refractivity contribution in [2.75, 3.05) is 0 Å². The molecule has 2 heterocycles. The van der Waals surface area contributed by atoms with E-state index in [1.807, 2.05) is 0 Å². The molecule has 0 saturated carbocycles. The second-order valence-corrected chi connectivity index (χ2v) is 8.85. The predicted molar refractivity (Wildman–Crippen MR) is 115 cm³/mol. The monoisotopic (exact) mass is 441 g/mol. The van der Waals surface area contributed by atoms with Crippen LogP contribution in [0.25, 0.3) is 17.4 Å². The van der Waals surface area contributed by atoms with Crippen LogP contribution in [0.1, 0.15) is 5.76 Å². The van der Waals surface area contributed by atoms with Crippen LogP contribution in [0, 0.1) is 0 Å². The van der Waals surface area contributed by atoms with Gasteiger partial charge in [-0.1, -0.05) is 0 Å². The Hall–Kier alpha value is -3.34. The zero-order valence-corrected chi connectivity index (χ0v) is 16.9. The molecule has 30 heavy (non-hydrogen) atoms. The van der Waals surface area contributed by atoms with Crippen LogP contribution in [-0.4, -0.2) is 24.6 Å². The van der Waals surface area contributed by atoms with Crippen molar-refractivity contribution in [2.45, 2.75) is 4.90 Å². The molecule has 1 saturated heterocycles. The molecule has 1 fully saturated rings. The average molecular weight is 441 g/mol. The maximum atomic E-state index is 11.8. The van der Waals surface area contributed by atoms with E-state index < -0.39 is 10.0 Å². The quantitative estimate of drug-likeness (QED) is 0.563. The minimum Gasteiger partial charge on any atom is -0.508 e. The van der Waals surface area contributed by atoms with Crippen LogP contribution in [-0.2, 0) is 10.0 Å². The van der Waals surface area contributed by atoms with Gasteiger partial charge in [0.15, 0.2) is 0 Å². The molecule has 4 N–H and O–H groups in total. The number of aliphatic imine (C=N–C) groups is 1. The number of nitrogens with zero attached hydrogens (tertiary/aromatic N) is 1. The Bertz CT molecular complexity index is 1270. The van der Waals surface area contributed by atoms with Crippen molar-refractivity contribution in [3.05, 3.63) is 71.3 Å². The number of phenolic OH excluding ortho intramolecular Hbond substituents is 1. The third-order valence-electron chi connectivity index (χ3n) is 4.11. The van der Waals surface area contributed by atoms with Gasteiger partial charge in [-0.2, -0.15) is 0 Å². The fourth-order valence-corrected chi connectivity index (χ4v) is 3.92. The summed E-state index contributed by atoms with van der Waals surface area (Å²) in [6, 6.07) is 15.8. The number of benzene rings is 2. The minimum absolute atomic E-state index is 0.0159. The summed E-state index contributed by atoms with van der Waals surface area (Å²) in [6.07, 6.45) is 1.68. The fourth-order valence-electron chi connectivity index (χ4n) is 2.69. The number of hydrogen-bond donors (Lipinski definition) is 3. The molecule has 0 unspecified atom stereocenters. The third-order valence-corrected chi connectivity index (χ3v) is 5.86. The molecule has 0 atom stereocenters. The van der Waals surface area contributed by atoms with Gasteiger partial charge in [0.1, 0.15) is 23.1 Å². The lowest BCUT2D eigenvalue weighted by Gasteiger charge is -2.01. The second-order valence-electron chi connectivity index (χ2n) is 6.27. The number of hydrogen-bond acceptors (Lipinski definition) is 7. The Labute approximate surface area is 176 Å². The molecule has 4 rings (SSSR count). The molecule has 8 nitrogen and oxygen atoms in total. The van der Waals surface area contributed by atoms with Crippen LogP contribution in [0.5, 0.6) is 5.75 Å². The highest BCUT2D eigenvalue weighted by Crippen LogP contribution is 2.31. The van der Waals surface area contributed by atoms with E-state index in [9.17, 15) is 18.3 Å². The van der Waals surface area contributed by atoms with Crippen LogP contribution in [0.3, 0.4) is 0 Å². The van der Waals surface area contributed by atoms with E-state index in [2.05, 4.69) is 10.3 Å². The van der Waals surface area contributed by atoms with E-state index in [0.29, 0.717) is 33.5 Å². The molecule has 0 aliphatic carbocycles. The van der Waals surface area contributed by atoms with Crippen molar-refractivity contribution in [1.29, 1.82) is 0 Å². The van der Waals surface area contributed by atoms with Gasteiger partial charge in [0.2, 0.25) is 10.0 Å². The van der Waals surface area contributed by atoms with Gasteiger partial charge in [-0.05, 0) is 78.5 Å². The molecule has 1 aliphatic rings. The van der Waals surface area contributed by atoms with E-state index >= 15 is 0 Å². The zero-order valence-electron chi connectivity index (χ0n) is 15.3. The maximum Gasteiger partial charge on any atom is 0.289 e. The van der Waals surface area contributed by atoms with Gasteiger partial charge in [-0.3, -0.25) is 4.79 Å². The number of phenols is 1. The van der Waals surface area contributed by atoms with Crippen LogP contribution in [0.15, 0.2) is 79.9 Å². The van der Waals surface area contributed by atoms with Crippen molar-refractivity contribution in [1.82, 2.24) is 5.32 Å². The first kappa shape index (κ1) is 20.0. The normalized spacial score (nSPS) is 16.9. The molecule has 1 aliphatic heterocycles. The summed E-state index contributed by atoms with van der Waals surface area (Å²) in [7, 11) is -3.76. The minimum atomic E-state index is -3.76. The lowest BCUT2D eigenvalue weighted by molar-refractivity contribution is 0.265. The number of nitrogens with two attached hydrogens (primary N) is 1. The predicted octanol–water partition coefficient (Wildman–Crippen LogP) is 3.83. The number of carbonyl (C=O) groups is 1. The van der Waals surface area contributed by atoms with Crippen molar-refractivity contribution in [3.63, 3.8) is 0 Å². The van der Waals surface area contributed by atoms with Crippen LogP contribution in [0.2, 0.25) is 0 Å². The van der Waals surface area contributed by atoms with Gasteiger partial charge in [-0.25, -0.2) is 18.5 Å². The molecular weight excluding hydrogens is 426 g/mol. The number of carbonyl (C=O) groups excluding carboxylic acids is 1. The van der Waals surface area contributed by atoms with E-state index in [-0.39, 0.29) is 15.9 Å². The van der Waals surface area contributed by atoms with Gasteiger partial charge >= 0.3 is 0 Å². The molecule has 3 aromatic rings. The van der Waals surface area contributed by atoms with Crippen molar-refractivity contribution < 1.29 is 22.7 Å². The van der Waals surface area contributed by atoms with Crippen LogP contribution >= 0.6 is 11.8 Å². The molecule has 152 valence electrons. The number of rotatable bonds is 4. The highest BCUT2D eigenvalue weighted by atomic mass is 32.2. The molecular formula is C20H15N3O5S2. The molecule has 2 aromatic carbocycles. The Morgan fingerprint density at radius 2 is 1.73 bits per heavy atom. The van der Waals surface area contributed by atoms with Gasteiger partial charge in [0, 0.05) is 5.56 Å². The highest BCUT2D eigenvalue weighted by molar-refractivity contribution is 8.18. The second kappa shape index (κ2) is 7.82. The molecule has 0 radical (unpaired) electrons. The van der Waals surface area contributed by atoms with Gasteiger partial charge in [-0.15, -0.1) is 0 Å². The topological polar surface area (TPSA) is 135 Å². The largest absolute Gasteiger partial charge is 0.508 e. The number of thioether (sulfide) groups is 1. The number of sulfonamides is 1. The first-order valence-electron chi connectivity index (χ1n) is 8.60. The van der Waals surface area contributed by atoms with Gasteiger partial charge in [0.25, 0.3) is 5.24 Å². The number of furan rings is 1. The number of aromatic hydroxyl groups is 1. The molecule has 0 spiro atoms. The standard InChI is InChI=1S/C20H15N3O5S2/c21-30(26,27)16-8-1-12(2-9-16)17-10-7-15(28-17)11-18-19(23-20(25)29-18)22-13-3-5-14(24)6-4-13/h1-11,24H,(H2,21,26,27)(H,22,23,25)/b18-11-. The summed E-state index contributed by atoms with van der Waals surface area (Å²) in [4.78, 5) is 16.8. The van der Waals surface area contributed by atoms with E-state index in [1.54, 1.807) is 42.5 Å². The number of nitrogens with one attached hydrogen (secondary N) is 1. The Kier molecular flexibility index (Phi) is 5.20. The molecule has 1 aromatic heterocycles. The first-order chi connectivity index (χ1) is 14.3. The SMILES string of the molecule is NS(=O)(=O)c1ccc(-c2ccc(/C=C3\SC(=O)NC3=Nc3ccc(O)cc3)o2)cc1. The van der Waals surface area contributed by atoms with Gasteiger partial charge < -0.3 is 14.8 Å². The molecule has 0 bridgehead atoms. The maximum absolute atomic E-state index is 11.8. The number of primary sulfonamides is 1. The summed E-state index contributed by atoms with van der Waals surface area (Å²) in [5.74, 6) is 1.53. The number of amidine groups is 1. The van der Waals surface area contributed by atoms with E-state index in [4.69, 9.17) is 9.56 Å². The van der Waals surface area contributed by atoms with Crippen molar-refractivity contribution in [3.8, 4) is 17.1 Å². The van der Waals surface area contributed by atoms with Crippen molar-refractivity contribution in [2.24, 2.45) is 10.1 Å². The fraction of sp³-hybridized carbons (Fsp3) is 0. The lowest BCUT2D eigenvalue weighted by atomic mass is 10.2. The molecule has 10 heteroatoms. The van der Waals surface area contributed by atoms with Crippen molar-refractivity contribution >= 4 is 44.6 Å². The molecule has 1 amide bonds. The summed E-state index contributed by atoms with van der Waals surface area (Å²) < 4.78 is 28.5. The summed E-state index contributed by atoms with van der Waals surface area (Å²) in [5, 5.41) is 16.9. The smallest absolute Gasteiger partial charge is 0.289 e. The average Bonchev–Trinajstić information content (AvgIpc) is 3.30. The Balaban J connectivity index is 1.60. The summed E-state index contributed by atoms with van der Waals surface area (Å²) in [6.45, 7) is 0. The van der Waals surface area contributed by atoms with Crippen LogP contribution in [0.4, 0.5) is 10.5 Å². The van der Waals surface area contributed by atoms with E-state index in [0.717, 1.165) is 11.8 Å². The third kappa shape index (κ3) is 4.46. The highest BCUT2D eigenvalue weighted by Gasteiger charge is 2.24. The van der Waals surface area contributed by atoms with E-state index in [1.165, 1.54) is 24.3 Å². The summed E-state index contributed by atoms with van der Waals surface area (Å²) >= 11 is 0.991. The lowest BCUT2D eigenvalue weighted by Crippen LogP contribution is -2.18. The zero-order chi connectivity index (χ0) is 21.3. The van der Waals surface area contributed by atoms with Crippen LogP contribution < -0.4 is 10.5 Å². The summed E-state index contributed by atoms with van der Waals surface area (Å²) in [5.41, 5.74) is 1.25. The Morgan fingerprint density at radius 1 is 1.03 bits per heavy atom. The Morgan fingerprint density at radius 3 is 2.40 bits per heavy atom. The first-order valence-corrected chi connectivity index (χ1v) is 11.0.